The number of rotatable bonds is 6. The van der Waals surface area contributed by atoms with E-state index in [0.29, 0.717) is 23.8 Å². The molecule has 0 aromatic heterocycles. The Morgan fingerprint density at radius 2 is 2.11 bits per heavy atom. The molecule has 1 aromatic carbocycles. The van der Waals surface area contributed by atoms with Gasteiger partial charge >= 0.3 is 5.97 Å². The van der Waals surface area contributed by atoms with Gasteiger partial charge in [-0.2, -0.15) is 0 Å². The fourth-order valence-electron chi connectivity index (χ4n) is 1.77. The molecule has 1 N–H and O–H groups in total. The van der Waals surface area contributed by atoms with Crippen LogP contribution in [0.5, 0.6) is 17.2 Å². The number of esters is 1. The highest BCUT2D eigenvalue weighted by atomic mass is 16.7. The Balaban J connectivity index is 2.07. The molecule has 6 heteroatoms. The lowest BCUT2D eigenvalue weighted by Gasteiger charge is -2.12. The Kier molecular flexibility index (Phi) is 4.46. The number of nitrogens with one attached hydrogen (secondary N) is 1. The second-order valence-corrected chi connectivity index (χ2v) is 4.02. The van der Waals surface area contributed by atoms with Gasteiger partial charge in [-0.1, -0.05) is 0 Å². The molecule has 0 spiro atoms. The predicted octanol–water partition coefficient (Wildman–Crippen LogP) is 1.08. The van der Waals surface area contributed by atoms with Crippen molar-refractivity contribution in [3.63, 3.8) is 0 Å². The number of hydrogen-bond acceptors (Lipinski definition) is 6. The number of benzene rings is 1. The first kappa shape index (κ1) is 13.5. The monoisotopic (exact) mass is 267 g/mol. The molecule has 1 aliphatic heterocycles. The second-order valence-electron chi connectivity index (χ2n) is 4.02. The molecule has 1 aromatic rings. The minimum absolute atomic E-state index is 0.212. The molecule has 1 heterocycles. The van der Waals surface area contributed by atoms with Crippen molar-refractivity contribution in [1.82, 2.24) is 5.32 Å². The Labute approximate surface area is 111 Å². The number of carbonyl (C=O) groups excluding carboxylic acids is 1. The molecule has 0 fully saturated rings. The number of fused-ring (bicyclic) bond motifs is 1. The summed E-state index contributed by atoms with van der Waals surface area (Å²) in [5, 5.41) is 3.06. The zero-order valence-electron chi connectivity index (χ0n) is 11.0. The van der Waals surface area contributed by atoms with Crippen LogP contribution in [0.3, 0.4) is 0 Å². The lowest BCUT2D eigenvalue weighted by molar-refractivity contribution is -0.141. The lowest BCUT2D eigenvalue weighted by Crippen LogP contribution is -2.11. The smallest absolute Gasteiger partial charge is 0.308 e. The number of methoxy groups -OCH3 is 1. The molecule has 0 saturated carbocycles. The van der Waals surface area contributed by atoms with Crippen LogP contribution >= 0.6 is 0 Å². The van der Waals surface area contributed by atoms with Gasteiger partial charge in [0.15, 0.2) is 11.5 Å². The maximum absolute atomic E-state index is 11.0. The summed E-state index contributed by atoms with van der Waals surface area (Å²) in [6.45, 7) is 1.13. The van der Waals surface area contributed by atoms with Crippen molar-refractivity contribution < 1.29 is 23.7 Å². The van der Waals surface area contributed by atoms with Crippen molar-refractivity contribution in [2.45, 2.75) is 13.0 Å². The summed E-state index contributed by atoms with van der Waals surface area (Å²) >= 11 is 0. The Hall–Kier alpha value is -1.95. The van der Waals surface area contributed by atoms with Crippen LogP contribution in [0.15, 0.2) is 12.1 Å². The summed E-state index contributed by atoms with van der Waals surface area (Å²) in [6.07, 6.45) is 0.212. The molecule has 0 bridgehead atoms. The first-order valence-corrected chi connectivity index (χ1v) is 6.01. The zero-order valence-corrected chi connectivity index (χ0v) is 11.0. The number of hydrogen-bond donors (Lipinski definition) is 1. The standard InChI is InChI=1S/C13H17NO5/c1-14-7-9-5-11-12(19-8-18-11)6-10(9)17-4-3-13(15)16-2/h5-6,14H,3-4,7-8H2,1-2H3. The van der Waals surface area contributed by atoms with Crippen LogP contribution in [-0.2, 0) is 16.1 Å². The van der Waals surface area contributed by atoms with Gasteiger partial charge in [0.25, 0.3) is 0 Å². The van der Waals surface area contributed by atoms with E-state index in [9.17, 15) is 4.79 Å². The summed E-state index contributed by atoms with van der Waals surface area (Å²) in [6, 6.07) is 3.67. The molecule has 0 amide bonds. The predicted molar refractivity (Wildman–Crippen MR) is 67.5 cm³/mol. The van der Waals surface area contributed by atoms with Gasteiger partial charge in [0.1, 0.15) is 5.75 Å². The van der Waals surface area contributed by atoms with Crippen molar-refractivity contribution in [3.8, 4) is 17.2 Å². The Morgan fingerprint density at radius 1 is 1.37 bits per heavy atom. The van der Waals surface area contributed by atoms with Gasteiger partial charge in [0.2, 0.25) is 6.79 Å². The van der Waals surface area contributed by atoms with Gasteiger partial charge in [-0.3, -0.25) is 4.79 Å². The van der Waals surface area contributed by atoms with E-state index in [-0.39, 0.29) is 25.8 Å². The van der Waals surface area contributed by atoms with Crippen LogP contribution in [0, 0.1) is 0 Å². The maximum Gasteiger partial charge on any atom is 0.308 e. The highest BCUT2D eigenvalue weighted by Crippen LogP contribution is 2.38. The molecule has 0 radical (unpaired) electrons. The normalized spacial score (nSPS) is 12.3. The minimum atomic E-state index is -0.295. The molecule has 0 atom stereocenters. The summed E-state index contributed by atoms with van der Waals surface area (Å²) in [4.78, 5) is 11.0. The van der Waals surface area contributed by atoms with Crippen LogP contribution in [0.4, 0.5) is 0 Å². The van der Waals surface area contributed by atoms with Crippen molar-refractivity contribution in [2.75, 3.05) is 27.6 Å². The molecule has 0 aliphatic carbocycles. The Morgan fingerprint density at radius 3 is 2.79 bits per heavy atom. The fourth-order valence-corrected chi connectivity index (χ4v) is 1.77. The van der Waals surface area contributed by atoms with E-state index in [1.807, 2.05) is 13.1 Å². The topological polar surface area (TPSA) is 66.0 Å². The van der Waals surface area contributed by atoms with E-state index in [0.717, 1.165) is 5.56 Å². The molecule has 2 rings (SSSR count). The zero-order chi connectivity index (χ0) is 13.7. The van der Waals surface area contributed by atoms with Crippen molar-refractivity contribution in [3.05, 3.63) is 17.7 Å². The van der Waals surface area contributed by atoms with Crippen molar-refractivity contribution in [1.29, 1.82) is 0 Å². The van der Waals surface area contributed by atoms with Gasteiger partial charge in [0.05, 0.1) is 20.1 Å². The van der Waals surface area contributed by atoms with Crippen LogP contribution in [0.2, 0.25) is 0 Å². The van der Waals surface area contributed by atoms with E-state index in [2.05, 4.69) is 10.1 Å². The van der Waals surface area contributed by atoms with Crippen LogP contribution < -0.4 is 19.5 Å². The first-order chi connectivity index (χ1) is 9.24. The summed E-state index contributed by atoms with van der Waals surface area (Å²) in [5.74, 6) is 1.76. The third kappa shape index (κ3) is 3.29. The van der Waals surface area contributed by atoms with Gasteiger partial charge in [-0.25, -0.2) is 0 Å². The number of ether oxygens (including phenoxy) is 4. The lowest BCUT2D eigenvalue weighted by atomic mass is 10.1. The van der Waals surface area contributed by atoms with Crippen LogP contribution in [-0.4, -0.2) is 33.5 Å². The van der Waals surface area contributed by atoms with E-state index in [1.165, 1.54) is 7.11 Å². The quantitative estimate of drug-likeness (QED) is 0.778. The fraction of sp³-hybridized carbons (Fsp3) is 0.462. The third-order valence-corrected chi connectivity index (χ3v) is 2.71. The van der Waals surface area contributed by atoms with Gasteiger partial charge in [-0.15, -0.1) is 0 Å². The van der Waals surface area contributed by atoms with Gasteiger partial charge in [-0.05, 0) is 13.1 Å². The average molecular weight is 267 g/mol. The summed E-state index contributed by atoms with van der Waals surface area (Å²) < 4.78 is 20.8. The van der Waals surface area contributed by atoms with E-state index < -0.39 is 0 Å². The van der Waals surface area contributed by atoms with E-state index in [1.54, 1.807) is 6.07 Å². The molecule has 0 unspecified atom stereocenters. The SMILES string of the molecule is CNCc1cc2c(cc1OCCC(=O)OC)OCO2. The minimum Gasteiger partial charge on any atom is -0.493 e. The molecule has 6 nitrogen and oxygen atoms in total. The van der Waals surface area contributed by atoms with Crippen LogP contribution in [0.1, 0.15) is 12.0 Å². The molecular weight excluding hydrogens is 250 g/mol. The maximum atomic E-state index is 11.0. The third-order valence-electron chi connectivity index (χ3n) is 2.71. The molecule has 1 aliphatic rings. The molecule has 0 saturated heterocycles. The van der Waals surface area contributed by atoms with Crippen molar-refractivity contribution >= 4 is 5.97 Å². The first-order valence-electron chi connectivity index (χ1n) is 6.01. The van der Waals surface area contributed by atoms with E-state index in [4.69, 9.17) is 14.2 Å². The molecule has 19 heavy (non-hydrogen) atoms. The van der Waals surface area contributed by atoms with Crippen molar-refractivity contribution in [2.24, 2.45) is 0 Å². The average Bonchev–Trinajstić information content (AvgIpc) is 2.86. The highest BCUT2D eigenvalue weighted by molar-refractivity contribution is 5.69. The molecular formula is C13H17NO5. The van der Waals surface area contributed by atoms with Crippen LogP contribution in [0.25, 0.3) is 0 Å². The van der Waals surface area contributed by atoms with Gasteiger partial charge < -0.3 is 24.3 Å². The summed E-state index contributed by atoms with van der Waals surface area (Å²) in [7, 11) is 3.21. The summed E-state index contributed by atoms with van der Waals surface area (Å²) in [5.41, 5.74) is 0.955. The van der Waals surface area contributed by atoms with Gasteiger partial charge in [0, 0.05) is 18.2 Å². The molecule has 104 valence electrons. The number of carbonyl (C=O) groups is 1. The highest BCUT2D eigenvalue weighted by Gasteiger charge is 2.18. The van der Waals surface area contributed by atoms with E-state index >= 15 is 0 Å². The Bertz CT molecular complexity index is 461. The largest absolute Gasteiger partial charge is 0.493 e. The second kappa shape index (κ2) is 6.29.